The summed E-state index contributed by atoms with van der Waals surface area (Å²) in [7, 11) is 5.49. The molecule has 0 saturated carbocycles. The fraction of sp³-hybridized carbons (Fsp3) is 0.635. The van der Waals surface area contributed by atoms with Crippen molar-refractivity contribution < 1.29 is 38.2 Å². The molecule has 0 saturated heterocycles. The fourth-order valence-electron chi connectivity index (χ4n) is 6.31. The molecule has 0 aromatic carbocycles. The number of ether oxygens (including phenoxy) is 3. The van der Waals surface area contributed by atoms with E-state index in [1.807, 2.05) is 75.8 Å². The number of hydrogen-bond acceptors (Lipinski definition) is 6. The highest BCUT2D eigenvalue weighted by molar-refractivity contribution is 5.72. The average molecular weight is 837 g/mol. The summed E-state index contributed by atoms with van der Waals surface area (Å²) in [4.78, 5) is 37.0. The van der Waals surface area contributed by atoms with E-state index in [0.717, 1.165) is 51.4 Å². The third-order valence-corrected chi connectivity index (χ3v) is 9.86. The molecule has 0 bridgehead atoms. The zero-order valence-corrected chi connectivity index (χ0v) is 38.6. The number of rotatable bonds is 40. The Kier molecular flexibility index (Phi) is 39.3. The van der Waals surface area contributed by atoms with E-state index in [4.69, 9.17) is 14.2 Å². The number of esters is 2. The molecular weight excluding hydrogens is 751 g/mol. The second-order valence-electron chi connectivity index (χ2n) is 16.4. The number of carboxylic acid groups (broad SMARTS) is 1. The van der Waals surface area contributed by atoms with Gasteiger partial charge < -0.3 is 23.8 Å². The summed E-state index contributed by atoms with van der Waals surface area (Å²) < 4.78 is 17.2. The van der Waals surface area contributed by atoms with Crippen LogP contribution in [-0.4, -0.2) is 80.6 Å². The number of unbranched alkanes of at least 4 members (excludes halogenated alkanes) is 14. The van der Waals surface area contributed by atoms with Crippen LogP contribution in [0.1, 0.15) is 162 Å². The first-order valence-electron chi connectivity index (χ1n) is 23.3. The summed E-state index contributed by atoms with van der Waals surface area (Å²) in [6, 6.07) is -0.632. The molecule has 8 nitrogen and oxygen atoms in total. The van der Waals surface area contributed by atoms with Crippen molar-refractivity contribution in [2.24, 2.45) is 0 Å². The summed E-state index contributed by atoms with van der Waals surface area (Å²) in [6.07, 6.45) is 56.2. The molecule has 0 amide bonds. The molecule has 0 rings (SSSR count). The van der Waals surface area contributed by atoms with Crippen LogP contribution in [-0.2, 0) is 28.6 Å². The minimum atomic E-state index is -0.890. The molecule has 0 aromatic heterocycles. The third kappa shape index (κ3) is 39.7. The van der Waals surface area contributed by atoms with Crippen molar-refractivity contribution in [1.82, 2.24) is 0 Å². The standard InChI is InChI=1S/C52H85NO7/c1-6-8-10-12-14-16-18-20-21-22-23-24-25-26-27-28-29-31-32-34-36-38-40-42-50(54)59-47-48(46-58-45-44-49(52(56)57)53(3,4)5)60-51(55)43-41-39-37-35-33-30-19-17-15-13-11-9-7-2/h8-11,13-17,19-21,30,33,35,37,48-49H,6-7,12,18,22-29,31-32,34,36,38-47H2,1-5H3/p+1/b10-8+,11-9+,15-13+,16-14+,19-17+,21-20+,33-30+,37-35+. The summed E-state index contributed by atoms with van der Waals surface area (Å²) in [5.74, 6) is -1.58. The first-order chi connectivity index (χ1) is 29.1. The van der Waals surface area contributed by atoms with Crippen LogP contribution in [0.2, 0.25) is 0 Å². The van der Waals surface area contributed by atoms with Crippen molar-refractivity contribution in [1.29, 1.82) is 0 Å². The molecule has 8 heteroatoms. The number of carbonyl (C=O) groups is 3. The molecule has 0 spiro atoms. The molecule has 0 radical (unpaired) electrons. The Morgan fingerprint density at radius 3 is 1.53 bits per heavy atom. The highest BCUT2D eigenvalue weighted by atomic mass is 16.6. The van der Waals surface area contributed by atoms with Gasteiger partial charge in [0.2, 0.25) is 0 Å². The van der Waals surface area contributed by atoms with Gasteiger partial charge in [-0.2, -0.15) is 0 Å². The average Bonchev–Trinajstić information content (AvgIpc) is 3.21. The third-order valence-electron chi connectivity index (χ3n) is 9.86. The van der Waals surface area contributed by atoms with Crippen LogP contribution in [0.5, 0.6) is 0 Å². The lowest BCUT2D eigenvalue weighted by atomic mass is 10.0. The molecule has 2 atom stereocenters. The summed E-state index contributed by atoms with van der Waals surface area (Å²) in [6.45, 7) is 4.39. The van der Waals surface area contributed by atoms with Gasteiger partial charge in [-0.3, -0.25) is 9.59 Å². The number of hydrogen-bond donors (Lipinski definition) is 1. The van der Waals surface area contributed by atoms with Crippen LogP contribution in [0, 0.1) is 0 Å². The molecule has 60 heavy (non-hydrogen) atoms. The lowest BCUT2D eigenvalue weighted by molar-refractivity contribution is -0.887. The van der Waals surface area contributed by atoms with Crippen molar-refractivity contribution in [3.63, 3.8) is 0 Å². The fourth-order valence-corrected chi connectivity index (χ4v) is 6.31. The molecule has 0 aliphatic heterocycles. The SMILES string of the molecule is CC/C=C/C=C/C=C/C=C/C=C/CCCC(=O)OC(COCCC(C(=O)O)[N+](C)(C)C)COC(=O)CCCCCCCCCCCCCCC/C=C/C/C=C/C/C=C/CC. The molecule has 2 unspecified atom stereocenters. The number of aliphatic carboxylic acids is 1. The minimum Gasteiger partial charge on any atom is -0.477 e. The maximum absolute atomic E-state index is 12.7. The van der Waals surface area contributed by atoms with E-state index in [2.05, 4.69) is 56.4 Å². The summed E-state index contributed by atoms with van der Waals surface area (Å²) in [5, 5.41) is 9.62. The molecule has 0 heterocycles. The molecule has 0 fully saturated rings. The van der Waals surface area contributed by atoms with Crippen LogP contribution in [0.15, 0.2) is 97.2 Å². The van der Waals surface area contributed by atoms with Crippen LogP contribution < -0.4 is 0 Å². The lowest BCUT2D eigenvalue weighted by Gasteiger charge is -2.31. The lowest BCUT2D eigenvalue weighted by Crippen LogP contribution is -2.50. The van der Waals surface area contributed by atoms with Gasteiger partial charge in [0.1, 0.15) is 6.61 Å². The van der Waals surface area contributed by atoms with Crippen LogP contribution in [0.4, 0.5) is 0 Å². The largest absolute Gasteiger partial charge is 0.477 e. The van der Waals surface area contributed by atoms with Crippen LogP contribution >= 0.6 is 0 Å². The van der Waals surface area contributed by atoms with Gasteiger partial charge in [0.25, 0.3) is 0 Å². The molecule has 0 aromatic rings. The smallest absolute Gasteiger partial charge is 0.362 e. The quantitative estimate of drug-likeness (QED) is 0.0216. The summed E-state index contributed by atoms with van der Waals surface area (Å²) in [5.41, 5.74) is 0. The van der Waals surface area contributed by atoms with Gasteiger partial charge >= 0.3 is 17.9 Å². The normalized spacial score (nSPS) is 13.8. The predicted molar refractivity (Wildman–Crippen MR) is 252 cm³/mol. The number of likely N-dealkylation sites (N-methyl/N-ethyl adjacent to an activating group) is 1. The van der Waals surface area contributed by atoms with E-state index in [0.29, 0.717) is 19.3 Å². The first kappa shape index (κ1) is 56.2. The maximum Gasteiger partial charge on any atom is 0.362 e. The van der Waals surface area contributed by atoms with Crippen molar-refractivity contribution in [2.45, 2.75) is 174 Å². The van der Waals surface area contributed by atoms with E-state index < -0.39 is 18.1 Å². The highest BCUT2D eigenvalue weighted by Crippen LogP contribution is 2.15. The van der Waals surface area contributed by atoms with Crippen molar-refractivity contribution >= 4 is 17.9 Å². The zero-order valence-electron chi connectivity index (χ0n) is 38.6. The summed E-state index contributed by atoms with van der Waals surface area (Å²) >= 11 is 0. The topological polar surface area (TPSA) is 99.1 Å². The first-order valence-corrected chi connectivity index (χ1v) is 23.3. The number of carboxylic acids is 1. The maximum atomic E-state index is 12.7. The van der Waals surface area contributed by atoms with Crippen LogP contribution in [0.3, 0.4) is 0 Å². The number of allylic oxidation sites excluding steroid dienone is 16. The van der Waals surface area contributed by atoms with E-state index in [9.17, 15) is 19.5 Å². The van der Waals surface area contributed by atoms with Crippen molar-refractivity contribution in [2.75, 3.05) is 41.0 Å². The van der Waals surface area contributed by atoms with E-state index >= 15 is 0 Å². The van der Waals surface area contributed by atoms with Gasteiger partial charge in [0.15, 0.2) is 12.1 Å². The Morgan fingerprint density at radius 1 is 0.517 bits per heavy atom. The van der Waals surface area contributed by atoms with Gasteiger partial charge in [-0.1, -0.05) is 182 Å². The monoisotopic (exact) mass is 837 g/mol. The number of carbonyl (C=O) groups excluding carboxylic acids is 2. The molecular formula is C52H86NO7+. The molecule has 0 aliphatic carbocycles. The second-order valence-corrected chi connectivity index (χ2v) is 16.4. The second kappa shape index (κ2) is 42.0. The van der Waals surface area contributed by atoms with Gasteiger partial charge in [-0.15, -0.1) is 0 Å². The van der Waals surface area contributed by atoms with Crippen molar-refractivity contribution in [3.05, 3.63) is 97.2 Å². The van der Waals surface area contributed by atoms with E-state index in [1.54, 1.807) is 0 Å². The van der Waals surface area contributed by atoms with Crippen LogP contribution in [0.25, 0.3) is 0 Å². The number of nitrogens with zero attached hydrogens (tertiary/aromatic N) is 1. The molecule has 0 aliphatic rings. The Balaban J connectivity index is 4.29. The van der Waals surface area contributed by atoms with Gasteiger partial charge in [0.05, 0.1) is 34.4 Å². The zero-order chi connectivity index (χ0) is 44.2. The predicted octanol–water partition coefficient (Wildman–Crippen LogP) is 13.1. The number of quaternary nitrogens is 1. The van der Waals surface area contributed by atoms with Gasteiger partial charge in [-0.05, 0) is 57.8 Å². The Hall–Kier alpha value is -3.75. The highest BCUT2D eigenvalue weighted by Gasteiger charge is 2.31. The molecule has 1 N–H and O–H groups in total. The Morgan fingerprint density at radius 2 is 0.983 bits per heavy atom. The Bertz CT molecular complexity index is 1300. The van der Waals surface area contributed by atoms with E-state index in [1.165, 1.54) is 70.6 Å². The van der Waals surface area contributed by atoms with E-state index in [-0.39, 0.29) is 42.7 Å². The minimum absolute atomic E-state index is 0.0268. The van der Waals surface area contributed by atoms with Crippen molar-refractivity contribution in [3.8, 4) is 0 Å². The van der Waals surface area contributed by atoms with Gasteiger partial charge in [-0.25, -0.2) is 4.79 Å². The van der Waals surface area contributed by atoms with Gasteiger partial charge in [0, 0.05) is 19.3 Å². The molecule has 340 valence electrons. The Labute approximate surface area is 366 Å².